The van der Waals surface area contributed by atoms with Gasteiger partial charge in [-0.2, -0.15) is 0 Å². The molecule has 136 valence electrons. The molecule has 1 saturated heterocycles. The Morgan fingerprint density at radius 3 is 2.88 bits per heavy atom. The minimum Gasteiger partial charge on any atom is -0.489 e. The van der Waals surface area contributed by atoms with Crippen molar-refractivity contribution >= 4 is 23.3 Å². The molecule has 0 unspecified atom stereocenters. The maximum Gasteiger partial charge on any atom is 0.237 e. The molecule has 7 heteroatoms. The van der Waals surface area contributed by atoms with Crippen LogP contribution < -0.4 is 21.1 Å². The second kappa shape index (κ2) is 8.21. The van der Waals surface area contributed by atoms with Gasteiger partial charge >= 0.3 is 0 Å². The first-order chi connectivity index (χ1) is 12.5. The van der Waals surface area contributed by atoms with Crippen LogP contribution in [0, 0.1) is 5.41 Å². The van der Waals surface area contributed by atoms with Gasteiger partial charge in [-0.1, -0.05) is 35.9 Å². The van der Waals surface area contributed by atoms with Crippen LogP contribution in [0.25, 0.3) is 0 Å². The lowest BCUT2D eigenvalue weighted by Crippen LogP contribution is -2.39. The molecule has 1 amide bonds. The van der Waals surface area contributed by atoms with Gasteiger partial charge in [0.1, 0.15) is 17.7 Å². The first kappa shape index (κ1) is 18.2. The van der Waals surface area contributed by atoms with Crippen molar-refractivity contribution in [2.75, 3.05) is 6.54 Å². The molecule has 5 N–H and O–H groups in total. The molecule has 1 heterocycles. The number of carbonyl (C=O) groups excluding carboxylic acids is 1. The number of ether oxygens (including phenoxy) is 1. The summed E-state index contributed by atoms with van der Waals surface area (Å²) in [5, 5.41) is 14.2. The van der Waals surface area contributed by atoms with E-state index in [1.165, 1.54) is 0 Å². The Kier molecular flexibility index (Phi) is 5.75. The third kappa shape index (κ3) is 4.74. The molecule has 1 aliphatic rings. The smallest absolute Gasteiger partial charge is 0.237 e. The quantitative estimate of drug-likeness (QED) is 0.460. The zero-order chi connectivity index (χ0) is 18.5. The Balaban J connectivity index is 1.51. The fourth-order valence-corrected chi connectivity index (χ4v) is 3.09. The summed E-state index contributed by atoms with van der Waals surface area (Å²) in [5.41, 5.74) is 7.07. The monoisotopic (exact) mass is 372 g/mol. The van der Waals surface area contributed by atoms with E-state index in [2.05, 4.69) is 10.6 Å². The topological polar surface area (TPSA) is 100 Å². The van der Waals surface area contributed by atoms with Crippen LogP contribution in [0.15, 0.2) is 48.5 Å². The van der Waals surface area contributed by atoms with E-state index in [0.717, 1.165) is 5.56 Å². The van der Waals surface area contributed by atoms with Crippen LogP contribution >= 0.6 is 11.6 Å². The summed E-state index contributed by atoms with van der Waals surface area (Å²) in [6.45, 7) is 1.02. The van der Waals surface area contributed by atoms with Crippen molar-refractivity contribution < 1.29 is 9.53 Å². The molecule has 2 atom stereocenters. The van der Waals surface area contributed by atoms with Gasteiger partial charge in [-0.3, -0.25) is 10.2 Å². The van der Waals surface area contributed by atoms with Crippen LogP contribution in [0.5, 0.6) is 5.75 Å². The summed E-state index contributed by atoms with van der Waals surface area (Å²) in [7, 11) is 0. The lowest BCUT2D eigenvalue weighted by Gasteiger charge is -2.14. The summed E-state index contributed by atoms with van der Waals surface area (Å²) >= 11 is 5.95. The van der Waals surface area contributed by atoms with E-state index in [0.29, 0.717) is 35.8 Å². The predicted octanol–water partition coefficient (Wildman–Crippen LogP) is 2.05. The molecule has 0 saturated carbocycles. The molecule has 0 aromatic heterocycles. The van der Waals surface area contributed by atoms with Crippen LogP contribution in [-0.2, 0) is 11.3 Å². The van der Waals surface area contributed by atoms with Crippen molar-refractivity contribution in [3.8, 4) is 5.75 Å². The highest BCUT2D eigenvalue weighted by Crippen LogP contribution is 2.19. The first-order valence-corrected chi connectivity index (χ1v) is 8.76. The molecule has 0 bridgehead atoms. The molecule has 1 aliphatic heterocycles. The Hall–Kier alpha value is -2.57. The summed E-state index contributed by atoms with van der Waals surface area (Å²) in [6, 6.07) is 14.2. The number of nitrogens with two attached hydrogens (primary N) is 1. The number of carbonyl (C=O) groups is 1. The fourth-order valence-electron chi connectivity index (χ4n) is 2.88. The molecule has 0 radical (unpaired) electrons. The second-order valence-electron chi connectivity index (χ2n) is 6.23. The summed E-state index contributed by atoms with van der Waals surface area (Å²) in [4.78, 5) is 12.3. The molecule has 3 rings (SSSR count). The van der Waals surface area contributed by atoms with E-state index in [1.807, 2.05) is 24.3 Å². The molecule has 0 spiro atoms. The van der Waals surface area contributed by atoms with E-state index in [1.54, 1.807) is 24.3 Å². The fraction of sp³-hybridized carbons (Fsp3) is 0.263. The Bertz CT molecular complexity index is 812. The third-order valence-corrected chi connectivity index (χ3v) is 4.45. The van der Waals surface area contributed by atoms with Gasteiger partial charge in [0.15, 0.2) is 0 Å². The average molecular weight is 373 g/mol. The maximum atomic E-state index is 12.3. The summed E-state index contributed by atoms with van der Waals surface area (Å²) < 4.78 is 5.91. The van der Waals surface area contributed by atoms with Crippen LogP contribution in [0.3, 0.4) is 0 Å². The van der Waals surface area contributed by atoms with Gasteiger partial charge in [0.25, 0.3) is 0 Å². The van der Waals surface area contributed by atoms with Crippen LogP contribution in [0.2, 0.25) is 5.02 Å². The Labute approximate surface area is 157 Å². The maximum absolute atomic E-state index is 12.3. The highest BCUT2D eigenvalue weighted by atomic mass is 35.5. The van der Waals surface area contributed by atoms with Crippen LogP contribution in [-0.4, -0.2) is 30.4 Å². The van der Waals surface area contributed by atoms with Crippen molar-refractivity contribution in [1.29, 1.82) is 5.41 Å². The standard InChI is InChI=1S/C19H21ClN4O2/c20-14-5-1-3-12(7-14)10-24-19(25)17-9-16(11-23-17)26-15-6-2-4-13(8-15)18(21)22/h1-8,16-17,23H,9-11H2,(H3,21,22)(H,24,25)/t16-,17+/m1/s1. The number of hydrogen-bond donors (Lipinski definition) is 4. The number of halogens is 1. The van der Waals surface area contributed by atoms with E-state index in [9.17, 15) is 4.79 Å². The number of rotatable bonds is 6. The third-order valence-electron chi connectivity index (χ3n) is 4.21. The molecule has 2 aromatic carbocycles. The first-order valence-electron chi connectivity index (χ1n) is 8.38. The molecule has 6 nitrogen and oxygen atoms in total. The molecular formula is C19H21ClN4O2. The van der Waals surface area contributed by atoms with Crippen LogP contribution in [0.4, 0.5) is 0 Å². The highest BCUT2D eigenvalue weighted by Gasteiger charge is 2.30. The average Bonchev–Trinajstić information content (AvgIpc) is 3.08. The Morgan fingerprint density at radius 1 is 1.31 bits per heavy atom. The summed E-state index contributed by atoms with van der Waals surface area (Å²) in [6.07, 6.45) is 0.463. The molecule has 0 aliphatic carbocycles. The number of hydrogen-bond acceptors (Lipinski definition) is 4. The molecule has 1 fully saturated rings. The number of benzene rings is 2. The van der Waals surface area contributed by atoms with Crippen LogP contribution in [0.1, 0.15) is 17.5 Å². The zero-order valence-electron chi connectivity index (χ0n) is 14.2. The van der Waals surface area contributed by atoms with E-state index >= 15 is 0 Å². The lowest BCUT2D eigenvalue weighted by atomic mass is 10.1. The molecular weight excluding hydrogens is 352 g/mol. The second-order valence-corrected chi connectivity index (χ2v) is 6.66. The van der Waals surface area contributed by atoms with Gasteiger partial charge < -0.3 is 21.1 Å². The highest BCUT2D eigenvalue weighted by molar-refractivity contribution is 6.30. The van der Waals surface area contributed by atoms with E-state index in [4.69, 9.17) is 27.5 Å². The van der Waals surface area contributed by atoms with Gasteiger partial charge in [-0.05, 0) is 29.8 Å². The van der Waals surface area contributed by atoms with Crippen molar-refractivity contribution in [3.63, 3.8) is 0 Å². The number of nitrogens with one attached hydrogen (secondary N) is 3. The van der Waals surface area contributed by atoms with Crippen molar-refractivity contribution in [1.82, 2.24) is 10.6 Å². The van der Waals surface area contributed by atoms with E-state index in [-0.39, 0.29) is 23.9 Å². The summed E-state index contributed by atoms with van der Waals surface area (Å²) in [5.74, 6) is 0.580. The van der Waals surface area contributed by atoms with E-state index < -0.39 is 0 Å². The van der Waals surface area contributed by atoms with Crippen molar-refractivity contribution in [3.05, 3.63) is 64.7 Å². The zero-order valence-corrected chi connectivity index (χ0v) is 14.9. The predicted molar refractivity (Wildman–Crippen MR) is 102 cm³/mol. The minimum absolute atomic E-state index is 0.00160. The van der Waals surface area contributed by atoms with Gasteiger partial charge in [0, 0.05) is 30.1 Å². The number of amides is 1. The van der Waals surface area contributed by atoms with Gasteiger partial charge in [0.2, 0.25) is 5.91 Å². The number of amidine groups is 1. The van der Waals surface area contributed by atoms with Crippen molar-refractivity contribution in [2.24, 2.45) is 5.73 Å². The van der Waals surface area contributed by atoms with Crippen molar-refractivity contribution in [2.45, 2.75) is 25.1 Å². The van der Waals surface area contributed by atoms with Gasteiger partial charge in [-0.25, -0.2) is 0 Å². The normalized spacial score (nSPS) is 19.1. The minimum atomic E-state index is -0.296. The molecule has 26 heavy (non-hydrogen) atoms. The van der Waals surface area contributed by atoms with Gasteiger partial charge in [0.05, 0.1) is 6.04 Å². The van der Waals surface area contributed by atoms with Gasteiger partial charge in [-0.15, -0.1) is 0 Å². The SMILES string of the molecule is N=C(N)c1cccc(O[C@H]2CN[C@H](C(=O)NCc3cccc(Cl)c3)C2)c1. The lowest BCUT2D eigenvalue weighted by molar-refractivity contribution is -0.123. The molecule has 2 aromatic rings. The number of nitrogen functional groups attached to an aromatic ring is 1. The Morgan fingerprint density at radius 2 is 2.12 bits per heavy atom. The largest absolute Gasteiger partial charge is 0.489 e.